The molecular weight excluding hydrogens is 212 g/mol. The topological polar surface area (TPSA) is 38.5 Å². The lowest BCUT2D eigenvalue weighted by Gasteiger charge is -2.35. The number of hydrogen-bond acceptors (Lipinski definition) is 3. The van der Waals surface area contributed by atoms with Crippen LogP contribution in [0.25, 0.3) is 0 Å². The van der Waals surface area contributed by atoms with Crippen molar-refractivity contribution >= 4 is 11.4 Å². The number of morpholine rings is 1. The molecule has 1 aliphatic heterocycles. The lowest BCUT2D eigenvalue weighted by atomic mass is 10.1. The first-order chi connectivity index (χ1) is 8.22. The third-order valence-corrected chi connectivity index (χ3v) is 3.93. The van der Waals surface area contributed by atoms with Crippen LogP contribution in [-0.2, 0) is 11.2 Å². The Morgan fingerprint density at radius 1 is 1.41 bits per heavy atom. The van der Waals surface area contributed by atoms with Crippen LogP contribution < -0.4 is 10.6 Å². The van der Waals surface area contributed by atoms with Crippen LogP contribution in [0.15, 0.2) is 18.2 Å². The van der Waals surface area contributed by atoms with Crippen molar-refractivity contribution in [1.82, 2.24) is 0 Å². The predicted octanol–water partition coefficient (Wildman–Crippen LogP) is 2.20. The highest BCUT2D eigenvalue weighted by molar-refractivity contribution is 5.59. The van der Waals surface area contributed by atoms with E-state index in [0.29, 0.717) is 0 Å². The van der Waals surface area contributed by atoms with Crippen molar-refractivity contribution in [2.45, 2.75) is 31.8 Å². The van der Waals surface area contributed by atoms with Gasteiger partial charge < -0.3 is 15.4 Å². The number of hydrogen-bond donors (Lipinski definition) is 1. The van der Waals surface area contributed by atoms with Gasteiger partial charge in [0.05, 0.1) is 12.2 Å². The van der Waals surface area contributed by atoms with Crippen molar-refractivity contribution in [2.75, 3.05) is 30.3 Å². The maximum absolute atomic E-state index is 5.95. The summed E-state index contributed by atoms with van der Waals surface area (Å²) in [7, 11) is 0. The lowest BCUT2D eigenvalue weighted by Crippen LogP contribution is -2.44. The van der Waals surface area contributed by atoms with Gasteiger partial charge in [-0.15, -0.1) is 0 Å². The molecule has 1 aliphatic carbocycles. The van der Waals surface area contributed by atoms with Crippen molar-refractivity contribution in [3.8, 4) is 0 Å². The summed E-state index contributed by atoms with van der Waals surface area (Å²) < 4.78 is 5.84. The molecule has 1 aromatic carbocycles. The number of anilines is 2. The van der Waals surface area contributed by atoms with Crippen LogP contribution in [0.3, 0.4) is 0 Å². The number of nitrogen functional groups attached to an aromatic ring is 1. The zero-order chi connectivity index (χ0) is 11.9. The molecule has 0 amide bonds. The molecule has 92 valence electrons. The second-order valence-corrected chi connectivity index (χ2v) is 5.19. The molecule has 17 heavy (non-hydrogen) atoms. The van der Waals surface area contributed by atoms with Gasteiger partial charge in [0, 0.05) is 24.5 Å². The lowest BCUT2D eigenvalue weighted by molar-refractivity contribution is 0.0206. The Kier molecular flexibility index (Phi) is 2.51. The van der Waals surface area contributed by atoms with E-state index in [2.05, 4.69) is 24.0 Å². The monoisotopic (exact) mass is 232 g/mol. The summed E-state index contributed by atoms with van der Waals surface area (Å²) in [6, 6.07) is 6.40. The van der Waals surface area contributed by atoms with E-state index in [9.17, 15) is 0 Å². The highest BCUT2D eigenvalue weighted by Crippen LogP contribution is 2.43. The van der Waals surface area contributed by atoms with Crippen LogP contribution in [0.2, 0.25) is 0 Å². The third kappa shape index (κ3) is 2.00. The fourth-order valence-electron chi connectivity index (χ4n) is 2.60. The molecule has 2 aliphatic rings. The quantitative estimate of drug-likeness (QED) is 0.794. The van der Waals surface area contributed by atoms with E-state index < -0.39 is 0 Å². The van der Waals surface area contributed by atoms with Gasteiger partial charge >= 0.3 is 0 Å². The number of ether oxygens (including phenoxy) is 1. The minimum absolute atomic E-state index is 0.187. The van der Waals surface area contributed by atoms with Crippen LogP contribution in [-0.4, -0.2) is 25.3 Å². The van der Waals surface area contributed by atoms with Crippen molar-refractivity contribution in [3.63, 3.8) is 0 Å². The molecule has 0 atom stereocenters. The Labute approximate surface area is 103 Å². The number of aryl methyl sites for hydroxylation is 1. The molecule has 2 N–H and O–H groups in total. The summed E-state index contributed by atoms with van der Waals surface area (Å²) in [6.07, 6.45) is 3.44. The summed E-state index contributed by atoms with van der Waals surface area (Å²) in [5.74, 6) is 0. The number of benzene rings is 1. The zero-order valence-corrected chi connectivity index (χ0v) is 10.4. The smallest absolute Gasteiger partial charge is 0.0859 e. The van der Waals surface area contributed by atoms with E-state index >= 15 is 0 Å². The van der Waals surface area contributed by atoms with E-state index in [-0.39, 0.29) is 5.60 Å². The Bertz CT molecular complexity index is 426. The Morgan fingerprint density at radius 2 is 2.24 bits per heavy atom. The van der Waals surface area contributed by atoms with Gasteiger partial charge in [-0.2, -0.15) is 0 Å². The first-order valence-electron chi connectivity index (χ1n) is 6.50. The summed E-state index contributed by atoms with van der Waals surface area (Å²) in [4.78, 5) is 2.44. The zero-order valence-electron chi connectivity index (χ0n) is 10.4. The van der Waals surface area contributed by atoms with Crippen LogP contribution in [0.5, 0.6) is 0 Å². The average Bonchev–Trinajstić information content (AvgIpc) is 3.09. The number of nitrogens with zero attached hydrogens (tertiary/aromatic N) is 1. The summed E-state index contributed by atoms with van der Waals surface area (Å²) in [6.45, 7) is 5.04. The molecule has 1 heterocycles. The second kappa shape index (κ2) is 3.91. The molecule has 3 rings (SSSR count). The first-order valence-corrected chi connectivity index (χ1v) is 6.50. The molecule has 3 heteroatoms. The van der Waals surface area contributed by atoms with Crippen LogP contribution >= 0.6 is 0 Å². The molecule has 2 fully saturated rings. The van der Waals surface area contributed by atoms with Gasteiger partial charge in [-0.25, -0.2) is 0 Å². The van der Waals surface area contributed by atoms with Gasteiger partial charge in [0.25, 0.3) is 0 Å². The van der Waals surface area contributed by atoms with Crippen LogP contribution in [0.4, 0.5) is 11.4 Å². The van der Waals surface area contributed by atoms with E-state index in [1.807, 2.05) is 6.07 Å². The first kappa shape index (κ1) is 10.9. The van der Waals surface area contributed by atoms with Crippen LogP contribution in [0.1, 0.15) is 25.3 Å². The molecule has 1 aromatic rings. The normalized spacial score (nSPS) is 21.8. The van der Waals surface area contributed by atoms with Crippen molar-refractivity contribution < 1.29 is 4.74 Å². The van der Waals surface area contributed by atoms with Crippen molar-refractivity contribution in [2.24, 2.45) is 0 Å². The average molecular weight is 232 g/mol. The predicted molar refractivity (Wildman–Crippen MR) is 70.4 cm³/mol. The molecule has 3 nitrogen and oxygen atoms in total. The molecule has 1 saturated heterocycles. The Hall–Kier alpha value is -1.22. The minimum Gasteiger partial charge on any atom is -0.399 e. The van der Waals surface area contributed by atoms with Crippen molar-refractivity contribution in [3.05, 3.63) is 23.8 Å². The molecule has 0 aromatic heterocycles. The van der Waals surface area contributed by atoms with Crippen molar-refractivity contribution in [1.29, 1.82) is 0 Å². The SMILES string of the molecule is CCc1cc(N2CCOC3(CC3)C2)ccc1N. The van der Waals surface area contributed by atoms with Crippen LogP contribution in [0, 0.1) is 0 Å². The van der Waals surface area contributed by atoms with E-state index in [0.717, 1.165) is 31.8 Å². The molecule has 0 bridgehead atoms. The van der Waals surface area contributed by atoms with E-state index in [1.54, 1.807) is 0 Å². The molecule has 0 unspecified atom stereocenters. The largest absolute Gasteiger partial charge is 0.399 e. The van der Waals surface area contributed by atoms with Gasteiger partial charge in [0.1, 0.15) is 0 Å². The Morgan fingerprint density at radius 3 is 2.94 bits per heavy atom. The number of nitrogens with two attached hydrogens (primary N) is 1. The highest BCUT2D eigenvalue weighted by Gasteiger charge is 2.47. The van der Waals surface area contributed by atoms with Gasteiger partial charge in [0.2, 0.25) is 0 Å². The maximum atomic E-state index is 5.95. The van der Waals surface area contributed by atoms with E-state index in [4.69, 9.17) is 10.5 Å². The van der Waals surface area contributed by atoms with E-state index in [1.165, 1.54) is 24.1 Å². The summed E-state index contributed by atoms with van der Waals surface area (Å²) in [5.41, 5.74) is 9.59. The fraction of sp³-hybridized carbons (Fsp3) is 0.571. The fourth-order valence-corrected chi connectivity index (χ4v) is 2.60. The maximum Gasteiger partial charge on any atom is 0.0859 e. The van der Waals surface area contributed by atoms with Gasteiger partial charge in [0.15, 0.2) is 0 Å². The summed E-state index contributed by atoms with van der Waals surface area (Å²) in [5, 5.41) is 0. The third-order valence-electron chi connectivity index (χ3n) is 3.93. The molecular formula is C14H20N2O. The van der Waals surface area contributed by atoms with Gasteiger partial charge in [-0.05, 0) is 43.0 Å². The second-order valence-electron chi connectivity index (χ2n) is 5.19. The summed E-state index contributed by atoms with van der Waals surface area (Å²) >= 11 is 0. The molecule has 0 radical (unpaired) electrons. The van der Waals surface area contributed by atoms with Gasteiger partial charge in [-0.3, -0.25) is 0 Å². The minimum atomic E-state index is 0.187. The number of rotatable bonds is 2. The molecule has 1 saturated carbocycles. The highest BCUT2D eigenvalue weighted by atomic mass is 16.5. The standard InChI is InChI=1S/C14H20N2O/c1-2-11-9-12(3-4-13(11)15)16-7-8-17-14(10-16)5-6-14/h3-4,9H,2,5-8,10,15H2,1H3. The molecule has 1 spiro atoms. The Balaban J connectivity index is 1.83. The van der Waals surface area contributed by atoms with Gasteiger partial charge in [-0.1, -0.05) is 6.92 Å².